The highest BCUT2D eigenvalue weighted by Crippen LogP contribution is 2.29. The fraction of sp³-hybridized carbons (Fsp3) is 0.0500. The van der Waals surface area contributed by atoms with Crippen molar-refractivity contribution >= 4 is 28.8 Å². The lowest BCUT2D eigenvalue weighted by Gasteiger charge is -2.05. The summed E-state index contributed by atoms with van der Waals surface area (Å²) in [6, 6.07) is 22.4. The minimum Gasteiger partial charge on any atom is -0.219 e. The number of rotatable bonds is 3. The summed E-state index contributed by atoms with van der Waals surface area (Å²) >= 11 is 12.3. The van der Waals surface area contributed by atoms with Gasteiger partial charge in [-0.05, 0) is 29.8 Å². The Kier molecular flexibility index (Phi) is 4.01. The summed E-state index contributed by atoms with van der Waals surface area (Å²) in [5.41, 5.74) is 4.52. The van der Waals surface area contributed by atoms with E-state index in [1.165, 1.54) is 5.56 Å². The highest BCUT2D eigenvalue weighted by Gasteiger charge is 2.19. The van der Waals surface area contributed by atoms with Crippen LogP contribution in [-0.2, 0) is 6.54 Å². The number of halogens is 2. The highest BCUT2D eigenvalue weighted by molar-refractivity contribution is 6.42. The normalized spacial score (nSPS) is 11.1. The second-order valence-corrected chi connectivity index (χ2v) is 6.50. The van der Waals surface area contributed by atoms with Gasteiger partial charge in [-0.3, -0.25) is 0 Å². The summed E-state index contributed by atoms with van der Waals surface area (Å²) in [5.74, 6) is 0. The molecule has 0 aliphatic rings. The van der Waals surface area contributed by atoms with Crippen molar-refractivity contribution in [2.75, 3.05) is 0 Å². The predicted octanol–water partition coefficient (Wildman–Crippen LogP) is 5.25. The molecule has 0 saturated heterocycles. The molecule has 0 aliphatic carbocycles. The van der Waals surface area contributed by atoms with Crippen molar-refractivity contribution in [3.8, 4) is 11.3 Å². The monoisotopic (exact) mass is 353 g/mol. The summed E-state index contributed by atoms with van der Waals surface area (Å²) in [4.78, 5) is 0. The largest absolute Gasteiger partial charge is 0.286 e. The fourth-order valence-corrected chi connectivity index (χ4v) is 3.23. The van der Waals surface area contributed by atoms with E-state index in [-0.39, 0.29) is 0 Å². The number of aromatic nitrogens is 2. The number of hydrogen-bond donors (Lipinski definition) is 0. The molecule has 0 fully saturated rings. The molecule has 0 unspecified atom stereocenters. The predicted molar refractivity (Wildman–Crippen MR) is 98.6 cm³/mol. The second-order valence-electron chi connectivity index (χ2n) is 5.68. The molecule has 0 radical (unpaired) electrons. The number of fused-ring (bicyclic) bond motifs is 1. The van der Waals surface area contributed by atoms with Gasteiger partial charge < -0.3 is 0 Å². The molecule has 0 bridgehead atoms. The van der Waals surface area contributed by atoms with Crippen LogP contribution in [0.1, 0.15) is 5.56 Å². The zero-order chi connectivity index (χ0) is 16.5. The van der Waals surface area contributed by atoms with Gasteiger partial charge in [0.15, 0.2) is 5.69 Å². The van der Waals surface area contributed by atoms with E-state index in [2.05, 4.69) is 57.8 Å². The molecule has 118 valence electrons. The Morgan fingerprint density at radius 3 is 2.42 bits per heavy atom. The van der Waals surface area contributed by atoms with Crippen LogP contribution in [0.25, 0.3) is 16.9 Å². The molecule has 0 aliphatic heterocycles. The van der Waals surface area contributed by atoms with Gasteiger partial charge in [-0.25, -0.2) is 8.97 Å². The van der Waals surface area contributed by atoms with Gasteiger partial charge in [0.1, 0.15) is 12.7 Å². The van der Waals surface area contributed by atoms with Crippen LogP contribution in [0.3, 0.4) is 0 Å². The Hall–Kier alpha value is -2.29. The van der Waals surface area contributed by atoms with Gasteiger partial charge in [0.05, 0.1) is 16.2 Å². The SMILES string of the molecule is Clc1ccc(-c2c[n+]3ccccc3n2Cc2ccccc2)cc1Cl. The van der Waals surface area contributed by atoms with Crippen LogP contribution in [0.4, 0.5) is 0 Å². The van der Waals surface area contributed by atoms with Crippen molar-refractivity contribution < 1.29 is 4.40 Å². The maximum absolute atomic E-state index is 6.23. The molecule has 2 aromatic carbocycles. The van der Waals surface area contributed by atoms with Gasteiger partial charge >= 0.3 is 0 Å². The summed E-state index contributed by atoms with van der Waals surface area (Å²) in [6.45, 7) is 0.789. The van der Waals surface area contributed by atoms with Crippen LogP contribution in [0.2, 0.25) is 10.0 Å². The van der Waals surface area contributed by atoms with Crippen LogP contribution in [-0.4, -0.2) is 4.57 Å². The van der Waals surface area contributed by atoms with Crippen molar-refractivity contribution in [3.05, 3.63) is 94.7 Å². The van der Waals surface area contributed by atoms with Crippen LogP contribution in [0.5, 0.6) is 0 Å². The molecule has 4 heteroatoms. The Labute approximate surface area is 150 Å². The molecule has 24 heavy (non-hydrogen) atoms. The first-order valence-electron chi connectivity index (χ1n) is 7.71. The summed E-state index contributed by atoms with van der Waals surface area (Å²) < 4.78 is 4.41. The van der Waals surface area contributed by atoms with Crippen molar-refractivity contribution in [2.24, 2.45) is 0 Å². The first-order chi connectivity index (χ1) is 11.7. The average molecular weight is 354 g/mol. The molecule has 0 N–H and O–H groups in total. The smallest absolute Gasteiger partial charge is 0.219 e. The number of imidazole rings is 1. The van der Waals surface area contributed by atoms with Crippen LogP contribution in [0.15, 0.2) is 79.1 Å². The van der Waals surface area contributed by atoms with E-state index in [1.54, 1.807) is 0 Å². The Balaban J connectivity index is 1.91. The second kappa shape index (κ2) is 6.31. The van der Waals surface area contributed by atoms with Gasteiger partial charge in [0, 0.05) is 11.6 Å². The Bertz CT molecular complexity index is 1010. The van der Waals surface area contributed by atoms with Gasteiger partial charge in [-0.15, -0.1) is 0 Å². The molecular formula is C20H15Cl2N2+. The number of hydrogen-bond acceptors (Lipinski definition) is 0. The van der Waals surface area contributed by atoms with E-state index in [0.717, 1.165) is 23.4 Å². The Morgan fingerprint density at radius 2 is 1.62 bits per heavy atom. The van der Waals surface area contributed by atoms with Gasteiger partial charge in [0.25, 0.3) is 5.65 Å². The molecule has 4 rings (SSSR count). The standard InChI is InChI=1S/C20H15Cl2N2/c21-17-10-9-16(12-18(17)22)19-14-23-11-5-4-8-20(23)24(19)13-15-6-2-1-3-7-15/h1-12,14H,13H2/q+1. The van der Waals surface area contributed by atoms with E-state index < -0.39 is 0 Å². The first-order valence-corrected chi connectivity index (χ1v) is 8.47. The summed E-state index contributed by atoms with van der Waals surface area (Å²) in [5, 5.41) is 1.13. The first kappa shape index (κ1) is 15.3. The summed E-state index contributed by atoms with van der Waals surface area (Å²) in [6.07, 6.45) is 4.18. The van der Waals surface area contributed by atoms with Crippen LogP contribution in [0, 0.1) is 0 Å². The van der Waals surface area contributed by atoms with Gasteiger partial charge in [-0.2, -0.15) is 0 Å². The molecule has 0 amide bonds. The van der Waals surface area contributed by atoms with Crippen LogP contribution >= 0.6 is 23.2 Å². The Morgan fingerprint density at radius 1 is 0.833 bits per heavy atom. The molecule has 0 saturated carbocycles. The lowest BCUT2D eigenvalue weighted by Crippen LogP contribution is -2.18. The molecule has 4 aromatic rings. The molecule has 0 atom stereocenters. The average Bonchev–Trinajstić information content (AvgIpc) is 2.97. The third kappa shape index (κ3) is 2.79. The quantitative estimate of drug-likeness (QED) is 0.445. The lowest BCUT2D eigenvalue weighted by atomic mass is 10.1. The van der Waals surface area contributed by atoms with E-state index in [0.29, 0.717) is 10.0 Å². The molecule has 2 heterocycles. The number of benzene rings is 2. The minimum absolute atomic E-state index is 0.565. The van der Waals surface area contributed by atoms with Crippen molar-refractivity contribution in [1.29, 1.82) is 0 Å². The minimum atomic E-state index is 0.565. The summed E-state index contributed by atoms with van der Waals surface area (Å²) in [7, 11) is 0. The third-order valence-electron chi connectivity index (χ3n) is 4.10. The third-order valence-corrected chi connectivity index (χ3v) is 4.83. The number of pyridine rings is 1. The molecular weight excluding hydrogens is 339 g/mol. The molecule has 2 aromatic heterocycles. The van der Waals surface area contributed by atoms with Crippen LogP contribution < -0.4 is 4.40 Å². The van der Waals surface area contributed by atoms with E-state index >= 15 is 0 Å². The van der Waals surface area contributed by atoms with Gasteiger partial charge in [0.2, 0.25) is 0 Å². The maximum Gasteiger partial charge on any atom is 0.286 e. The van der Waals surface area contributed by atoms with E-state index in [9.17, 15) is 0 Å². The van der Waals surface area contributed by atoms with Gasteiger partial charge in [-0.1, -0.05) is 59.6 Å². The topological polar surface area (TPSA) is 9.03 Å². The molecule has 2 nitrogen and oxygen atoms in total. The maximum atomic E-state index is 6.23. The zero-order valence-corrected chi connectivity index (χ0v) is 14.4. The van der Waals surface area contributed by atoms with Crippen molar-refractivity contribution in [3.63, 3.8) is 0 Å². The highest BCUT2D eigenvalue weighted by atomic mass is 35.5. The lowest BCUT2D eigenvalue weighted by molar-refractivity contribution is -0.510. The molecule has 0 spiro atoms. The van der Waals surface area contributed by atoms with E-state index in [1.807, 2.05) is 30.3 Å². The van der Waals surface area contributed by atoms with Crippen molar-refractivity contribution in [2.45, 2.75) is 6.54 Å². The fourth-order valence-electron chi connectivity index (χ4n) is 2.93. The number of nitrogens with zero attached hydrogens (tertiary/aromatic N) is 2. The zero-order valence-electron chi connectivity index (χ0n) is 12.9. The van der Waals surface area contributed by atoms with E-state index in [4.69, 9.17) is 23.2 Å². The van der Waals surface area contributed by atoms with Crippen molar-refractivity contribution in [1.82, 2.24) is 4.57 Å².